The molecule has 5 nitrogen and oxygen atoms in total. The molecule has 0 heterocycles. The average Bonchev–Trinajstić information content (AvgIpc) is 2.00. The second-order valence-electron chi connectivity index (χ2n) is 1.91. The van der Waals surface area contributed by atoms with Crippen LogP contribution in [0.1, 0.15) is 0 Å². The molecule has 0 saturated heterocycles. The Morgan fingerprint density at radius 3 is 2.38 bits per heavy atom. The molecule has 0 unspecified atom stereocenters. The zero-order valence-electron chi connectivity index (χ0n) is 6.22. The highest BCUT2D eigenvalue weighted by Gasteiger charge is 2.27. The number of aliphatic carboxylic acids is 1. The smallest absolute Gasteiger partial charge is 0.410 e. The van der Waals surface area contributed by atoms with Gasteiger partial charge in [0.2, 0.25) is 0 Å². The van der Waals surface area contributed by atoms with Crippen molar-refractivity contribution in [1.82, 2.24) is 5.32 Å². The number of nitrogens with one attached hydrogen (secondary N) is 1. The van der Waals surface area contributed by atoms with Crippen LogP contribution in [-0.4, -0.2) is 34.1 Å². The van der Waals surface area contributed by atoms with Gasteiger partial charge in [0.15, 0.2) is 0 Å². The summed E-state index contributed by atoms with van der Waals surface area (Å²) in [5.74, 6) is -1.53. The van der Waals surface area contributed by atoms with E-state index in [0.29, 0.717) is 0 Å². The van der Waals surface area contributed by atoms with Crippen molar-refractivity contribution in [2.24, 2.45) is 0 Å². The minimum Gasteiger partial charge on any atom is -0.480 e. The van der Waals surface area contributed by atoms with Crippen LogP contribution in [-0.2, 0) is 9.53 Å². The molecule has 0 radical (unpaired) electrons. The third kappa shape index (κ3) is 6.74. The molecule has 0 aromatic heterocycles. The fourth-order valence-corrected chi connectivity index (χ4v) is 0.541. The molecule has 0 saturated carbocycles. The lowest BCUT2D eigenvalue weighted by Gasteiger charge is -2.16. The van der Waals surface area contributed by atoms with E-state index in [0.717, 1.165) is 0 Å². The Morgan fingerprint density at radius 2 is 2.00 bits per heavy atom. The van der Waals surface area contributed by atoms with Gasteiger partial charge in [0.1, 0.15) is 6.54 Å². The minimum atomic E-state index is -1.84. The maximum absolute atomic E-state index is 10.7. The van der Waals surface area contributed by atoms with E-state index in [1.807, 2.05) is 5.32 Å². The maximum atomic E-state index is 10.7. The van der Waals surface area contributed by atoms with Crippen molar-refractivity contribution in [3.05, 3.63) is 0 Å². The second-order valence-corrected chi connectivity index (χ2v) is 3.59. The van der Waals surface area contributed by atoms with E-state index in [4.69, 9.17) is 39.9 Å². The van der Waals surface area contributed by atoms with Gasteiger partial charge >= 0.3 is 12.1 Å². The van der Waals surface area contributed by atoms with Gasteiger partial charge in [0.25, 0.3) is 4.52 Å². The Kier molecular flexibility index (Phi) is 5.20. The van der Waals surface area contributed by atoms with E-state index in [-0.39, 0.29) is 5.88 Å². The molecule has 0 aromatic carbocycles. The Labute approximate surface area is 88.9 Å². The summed E-state index contributed by atoms with van der Waals surface area (Å²) in [6.07, 6.45) is -1.05. The lowest BCUT2D eigenvalue weighted by molar-refractivity contribution is -0.135. The number of carbonyl (C=O) groups excluding carboxylic acids is 1. The molecule has 2 N–H and O–H groups in total. The Balaban J connectivity index is 3.81. The fraction of sp³-hybridized carbons (Fsp3) is 0.600. The summed E-state index contributed by atoms with van der Waals surface area (Å²) in [4.78, 5) is 20.7. The predicted molar refractivity (Wildman–Crippen MR) is 47.3 cm³/mol. The highest BCUT2D eigenvalue weighted by Crippen LogP contribution is 2.23. The molecule has 76 valence electrons. The molecule has 1 amide bonds. The first-order valence-corrected chi connectivity index (χ1v) is 4.29. The first-order valence-electron chi connectivity index (χ1n) is 3.00. The standard InChI is InChI=1S/C5H6Cl3NO4/c6-2-5(7,8)13-4(12)9-1-3(10)11/h1-2H2,(H,9,12)(H,10,11). The van der Waals surface area contributed by atoms with Gasteiger partial charge < -0.3 is 15.2 Å². The number of rotatable bonds is 4. The van der Waals surface area contributed by atoms with Crippen LogP contribution in [0, 0.1) is 0 Å². The van der Waals surface area contributed by atoms with Crippen LogP contribution < -0.4 is 5.32 Å². The van der Waals surface area contributed by atoms with Crippen molar-refractivity contribution in [1.29, 1.82) is 0 Å². The number of alkyl halides is 3. The molecule has 0 aliphatic carbocycles. The van der Waals surface area contributed by atoms with E-state index >= 15 is 0 Å². The molecule has 0 aliphatic heterocycles. The predicted octanol–water partition coefficient (Wildman–Crippen LogP) is 1.17. The first kappa shape index (κ1) is 12.6. The van der Waals surface area contributed by atoms with E-state index in [2.05, 4.69) is 4.74 Å². The van der Waals surface area contributed by atoms with Gasteiger partial charge in [-0.05, 0) is 0 Å². The fourth-order valence-electron chi connectivity index (χ4n) is 0.347. The summed E-state index contributed by atoms with van der Waals surface area (Å²) in [6, 6.07) is 0. The molecule has 0 aromatic rings. The summed E-state index contributed by atoms with van der Waals surface area (Å²) in [7, 11) is 0. The molecule has 0 aliphatic rings. The summed E-state index contributed by atoms with van der Waals surface area (Å²) in [6.45, 7) is -0.578. The number of ether oxygens (including phenoxy) is 1. The number of amides is 1. The van der Waals surface area contributed by atoms with Crippen LogP contribution in [0.4, 0.5) is 4.79 Å². The van der Waals surface area contributed by atoms with E-state index in [9.17, 15) is 9.59 Å². The third-order valence-corrected chi connectivity index (χ3v) is 1.85. The zero-order chi connectivity index (χ0) is 10.5. The van der Waals surface area contributed by atoms with Gasteiger partial charge in [-0.3, -0.25) is 4.79 Å². The quantitative estimate of drug-likeness (QED) is 0.734. The van der Waals surface area contributed by atoms with Crippen molar-refractivity contribution in [3.63, 3.8) is 0 Å². The summed E-state index contributed by atoms with van der Waals surface area (Å²) < 4.78 is 2.48. The van der Waals surface area contributed by atoms with Gasteiger partial charge in [0, 0.05) is 0 Å². The Bertz CT molecular complexity index is 208. The molecule has 0 fully saturated rings. The normalized spacial score (nSPS) is 10.7. The number of hydrogen-bond donors (Lipinski definition) is 2. The van der Waals surface area contributed by atoms with Crippen LogP contribution >= 0.6 is 34.8 Å². The molecule has 0 rings (SSSR count). The zero-order valence-corrected chi connectivity index (χ0v) is 8.49. The van der Waals surface area contributed by atoms with Crippen molar-refractivity contribution in [3.8, 4) is 0 Å². The topological polar surface area (TPSA) is 75.6 Å². The first-order chi connectivity index (χ1) is 5.87. The van der Waals surface area contributed by atoms with Crippen molar-refractivity contribution in [2.45, 2.75) is 4.52 Å². The SMILES string of the molecule is O=C(O)CNC(=O)OC(Cl)(Cl)CCl. The summed E-state index contributed by atoms with van der Waals surface area (Å²) in [5.41, 5.74) is 0. The molecular formula is C5H6Cl3NO4. The Hall–Kier alpha value is -0.390. The number of carbonyl (C=O) groups is 2. The second kappa shape index (κ2) is 5.36. The Morgan fingerprint density at radius 1 is 1.46 bits per heavy atom. The van der Waals surface area contributed by atoms with Gasteiger partial charge in [0.05, 0.1) is 5.88 Å². The summed E-state index contributed by atoms with van der Waals surface area (Å²) in [5, 5.41) is 10.0. The van der Waals surface area contributed by atoms with Crippen LogP contribution in [0.5, 0.6) is 0 Å². The maximum Gasteiger partial charge on any atom is 0.410 e. The number of alkyl carbamates (subject to hydrolysis) is 1. The van der Waals surface area contributed by atoms with Gasteiger partial charge in [-0.2, -0.15) is 0 Å². The average molecular weight is 250 g/mol. The number of carboxylic acids is 1. The highest BCUT2D eigenvalue weighted by molar-refractivity contribution is 6.50. The number of hydrogen-bond acceptors (Lipinski definition) is 3. The lowest BCUT2D eigenvalue weighted by Crippen LogP contribution is -2.35. The van der Waals surface area contributed by atoms with Crippen LogP contribution in [0.2, 0.25) is 0 Å². The summed E-state index contributed by atoms with van der Waals surface area (Å²) >= 11 is 15.9. The lowest BCUT2D eigenvalue weighted by atomic mass is 10.7. The van der Waals surface area contributed by atoms with Crippen molar-refractivity contribution in [2.75, 3.05) is 12.4 Å². The molecule has 13 heavy (non-hydrogen) atoms. The van der Waals surface area contributed by atoms with Crippen LogP contribution in [0.3, 0.4) is 0 Å². The van der Waals surface area contributed by atoms with E-state index < -0.39 is 23.1 Å². The molecular weight excluding hydrogens is 244 g/mol. The molecule has 0 bridgehead atoms. The van der Waals surface area contributed by atoms with E-state index in [1.165, 1.54) is 0 Å². The molecule has 0 spiro atoms. The third-order valence-electron chi connectivity index (χ3n) is 0.782. The number of halogens is 3. The monoisotopic (exact) mass is 249 g/mol. The van der Waals surface area contributed by atoms with Crippen LogP contribution in [0.25, 0.3) is 0 Å². The van der Waals surface area contributed by atoms with Gasteiger partial charge in [-0.1, -0.05) is 23.2 Å². The van der Waals surface area contributed by atoms with Crippen LogP contribution in [0.15, 0.2) is 0 Å². The van der Waals surface area contributed by atoms with Crippen molar-refractivity contribution >= 4 is 46.9 Å². The van der Waals surface area contributed by atoms with Crippen molar-refractivity contribution < 1.29 is 19.4 Å². The molecule has 8 heteroatoms. The van der Waals surface area contributed by atoms with Gasteiger partial charge in [-0.15, -0.1) is 11.6 Å². The molecule has 0 atom stereocenters. The van der Waals surface area contributed by atoms with E-state index in [1.54, 1.807) is 0 Å². The minimum absolute atomic E-state index is 0.323. The van der Waals surface area contributed by atoms with Gasteiger partial charge in [-0.25, -0.2) is 4.79 Å². The largest absolute Gasteiger partial charge is 0.480 e. The highest BCUT2D eigenvalue weighted by atomic mass is 35.5. The number of carboxylic acid groups (broad SMARTS) is 1.